The standard InChI is InChI=1S/C15H13Cl3S.2C2H6/c1-10(14-7-6-13(17)8-15(14)18)19-9-11-2-4-12(16)5-3-11;2*1-2/h2-8,10H,9H2,1H3;2*1-2H3. The van der Waals surface area contributed by atoms with E-state index in [0.717, 1.165) is 21.4 Å². The number of halogens is 3. The van der Waals surface area contributed by atoms with Crippen molar-refractivity contribution in [2.75, 3.05) is 0 Å². The highest BCUT2D eigenvalue weighted by Crippen LogP contribution is 2.36. The lowest BCUT2D eigenvalue weighted by atomic mass is 10.2. The Labute approximate surface area is 160 Å². The summed E-state index contributed by atoms with van der Waals surface area (Å²) in [6.45, 7) is 10.1. The molecule has 0 bridgehead atoms. The molecule has 1 unspecified atom stereocenters. The minimum absolute atomic E-state index is 0.320. The number of thioether (sulfide) groups is 1. The Hall–Kier alpha value is -0.340. The molecule has 0 aliphatic carbocycles. The van der Waals surface area contributed by atoms with Crippen LogP contribution in [-0.2, 0) is 5.75 Å². The van der Waals surface area contributed by atoms with Crippen molar-refractivity contribution < 1.29 is 0 Å². The zero-order chi connectivity index (χ0) is 17.8. The summed E-state index contributed by atoms with van der Waals surface area (Å²) >= 11 is 19.8. The number of hydrogen-bond donors (Lipinski definition) is 0. The van der Waals surface area contributed by atoms with Gasteiger partial charge >= 0.3 is 0 Å². The third-order valence-corrected chi connectivity index (χ3v) is 4.88. The second kappa shape index (κ2) is 13.0. The molecular formula is C19H25Cl3S. The number of hydrogen-bond acceptors (Lipinski definition) is 1. The van der Waals surface area contributed by atoms with Crippen molar-refractivity contribution in [1.29, 1.82) is 0 Å². The summed E-state index contributed by atoms with van der Waals surface area (Å²) in [5.74, 6) is 0.928. The molecule has 23 heavy (non-hydrogen) atoms. The molecule has 0 aliphatic rings. The SMILES string of the molecule is CC.CC.CC(SCc1ccc(Cl)cc1)c1ccc(Cl)cc1Cl. The molecule has 0 amide bonds. The summed E-state index contributed by atoms with van der Waals surface area (Å²) in [6.07, 6.45) is 0. The normalized spacial score (nSPS) is 10.8. The van der Waals surface area contributed by atoms with Gasteiger partial charge in [0, 0.05) is 26.1 Å². The Morgan fingerprint density at radius 2 is 1.35 bits per heavy atom. The molecule has 0 aliphatic heterocycles. The lowest BCUT2D eigenvalue weighted by molar-refractivity contribution is 1.09. The van der Waals surface area contributed by atoms with E-state index in [1.54, 1.807) is 6.07 Å². The van der Waals surface area contributed by atoms with Gasteiger partial charge in [-0.05, 0) is 42.3 Å². The first-order chi connectivity index (χ1) is 11.1. The Morgan fingerprint density at radius 1 is 0.826 bits per heavy atom. The molecule has 2 aromatic rings. The first-order valence-electron chi connectivity index (χ1n) is 7.87. The number of benzene rings is 2. The van der Waals surface area contributed by atoms with Crippen LogP contribution in [-0.4, -0.2) is 0 Å². The van der Waals surface area contributed by atoms with Crippen molar-refractivity contribution in [3.8, 4) is 0 Å². The molecule has 1 atom stereocenters. The minimum atomic E-state index is 0.320. The molecule has 0 heterocycles. The predicted molar refractivity (Wildman–Crippen MR) is 110 cm³/mol. The van der Waals surface area contributed by atoms with Gasteiger partial charge in [-0.1, -0.05) is 80.7 Å². The molecular weight excluding hydrogens is 367 g/mol. The van der Waals surface area contributed by atoms with Gasteiger partial charge in [-0.15, -0.1) is 11.8 Å². The third-order valence-electron chi connectivity index (χ3n) is 2.81. The van der Waals surface area contributed by atoms with Gasteiger partial charge in [-0.2, -0.15) is 0 Å². The summed E-state index contributed by atoms with van der Waals surface area (Å²) in [4.78, 5) is 0. The van der Waals surface area contributed by atoms with Crippen LogP contribution in [0.3, 0.4) is 0 Å². The lowest BCUT2D eigenvalue weighted by Gasteiger charge is -2.13. The summed E-state index contributed by atoms with van der Waals surface area (Å²) in [5, 5.41) is 2.48. The third kappa shape index (κ3) is 8.35. The first kappa shape index (κ1) is 22.7. The molecule has 0 saturated heterocycles. The molecule has 0 fully saturated rings. The van der Waals surface area contributed by atoms with E-state index in [4.69, 9.17) is 34.8 Å². The van der Waals surface area contributed by atoms with Crippen LogP contribution in [0.15, 0.2) is 42.5 Å². The summed E-state index contributed by atoms with van der Waals surface area (Å²) in [7, 11) is 0. The van der Waals surface area contributed by atoms with Gasteiger partial charge in [-0.25, -0.2) is 0 Å². The molecule has 4 heteroatoms. The Bertz CT molecular complexity index is 553. The highest BCUT2D eigenvalue weighted by atomic mass is 35.5. The van der Waals surface area contributed by atoms with Gasteiger partial charge in [0.1, 0.15) is 0 Å². The maximum absolute atomic E-state index is 6.21. The van der Waals surface area contributed by atoms with Crippen molar-refractivity contribution >= 4 is 46.6 Å². The first-order valence-corrected chi connectivity index (χ1v) is 10.1. The highest BCUT2D eigenvalue weighted by Gasteiger charge is 2.10. The van der Waals surface area contributed by atoms with Crippen LogP contribution in [0.4, 0.5) is 0 Å². The molecule has 0 spiro atoms. The summed E-state index contributed by atoms with van der Waals surface area (Å²) < 4.78 is 0. The highest BCUT2D eigenvalue weighted by molar-refractivity contribution is 7.98. The van der Waals surface area contributed by atoms with Crippen LogP contribution in [0.5, 0.6) is 0 Å². The average molecular weight is 392 g/mol. The lowest BCUT2D eigenvalue weighted by Crippen LogP contribution is -1.91. The second-order valence-electron chi connectivity index (χ2n) is 4.25. The van der Waals surface area contributed by atoms with E-state index in [9.17, 15) is 0 Å². The van der Waals surface area contributed by atoms with Crippen LogP contribution in [0.25, 0.3) is 0 Å². The van der Waals surface area contributed by atoms with E-state index in [-0.39, 0.29) is 0 Å². The average Bonchev–Trinajstić information content (AvgIpc) is 2.58. The molecule has 0 N–H and O–H groups in total. The van der Waals surface area contributed by atoms with Gasteiger partial charge in [0.05, 0.1) is 0 Å². The monoisotopic (exact) mass is 390 g/mol. The van der Waals surface area contributed by atoms with Crippen LogP contribution in [0.1, 0.15) is 51.0 Å². The molecule has 2 rings (SSSR count). The quantitative estimate of drug-likeness (QED) is 0.502. The van der Waals surface area contributed by atoms with E-state index < -0.39 is 0 Å². The Morgan fingerprint density at radius 3 is 1.87 bits per heavy atom. The maximum Gasteiger partial charge on any atom is 0.0463 e. The zero-order valence-corrected chi connectivity index (χ0v) is 17.5. The van der Waals surface area contributed by atoms with Crippen molar-refractivity contribution in [1.82, 2.24) is 0 Å². The van der Waals surface area contributed by atoms with Gasteiger partial charge in [0.25, 0.3) is 0 Å². The molecule has 0 aromatic heterocycles. The maximum atomic E-state index is 6.21. The number of rotatable bonds is 4. The van der Waals surface area contributed by atoms with Crippen LogP contribution < -0.4 is 0 Å². The van der Waals surface area contributed by atoms with Crippen molar-refractivity contribution in [2.24, 2.45) is 0 Å². The largest absolute Gasteiger partial charge is 0.149 e. The van der Waals surface area contributed by atoms with Crippen LogP contribution in [0.2, 0.25) is 15.1 Å². The van der Waals surface area contributed by atoms with Gasteiger partial charge in [0.2, 0.25) is 0 Å². The van der Waals surface area contributed by atoms with Gasteiger partial charge in [0.15, 0.2) is 0 Å². The second-order valence-corrected chi connectivity index (χ2v) is 6.85. The molecule has 0 radical (unpaired) electrons. The van der Waals surface area contributed by atoms with Crippen molar-refractivity contribution in [3.63, 3.8) is 0 Å². The molecule has 2 aromatic carbocycles. The van der Waals surface area contributed by atoms with Gasteiger partial charge in [-0.3, -0.25) is 0 Å². The molecule has 128 valence electrons. The molecule has 0 saturated carbocycles. The van der Waals surface area contributed by atoms with Crippen LogP contribution >= 0.6 is 46.6 Å². The van der Waals surface area contributed by atoms with Crippen molar-refractivity contribution in [2.45, 2.75) is 45.6 Å². The summed E-state index contributed by atoms with van der Waals surface area (Å²) in [5.41, 5.74) is 2.37. The predicted octanol–water partition coefficient (Wildman–Crippen LogP) is 8.69. The van der Waals surface area contributed by atoms with E-state index >= 15 is 0 Å². The van der Waals surface area contributed by atoms with Gasteiger partial charge < -0.3 is 0 Å². The van der Waals surface area contributed by atoms with E-state index in [0.29, 0.717) is 10.3 Å². The molecule has 0 nitrogen and oxygen atoms in total. The van der Waals surface area contributed by atoms with E-state index in [1.165, 1.54) is 5.56 Å². The fraction of sp³-hybridized carbons (Fsp3) is 0.368. The smallest absolute Gasteiger partial charge is 0.0463 e. The van der Waals surface area contributed by atoms with Crippen molar-refractivity contribution in [3.05, 3.63) is 68.7 Å². The van der Waals surface area contributed by atoms with Crippen LogP contribution in [0, 0.1) is 0 Å². The van der Waals surface area contributed by atoms with E-state index in [1.807, 2.05) is 75.9 Å². The Kier molecular flexibility index (Phi) is 12.8. The Balaban J connectivity index is 0.00000112. The summed E-state index contributed by atoms with van der Waals surface area (Å²) in [6, 6.07) is 13.6. The zero-order valence-electron chi connectivity index (χ0n) is 14.4. The topological polar surface area (TPSA) is 0 Å². The fourth-order valence-electron chi connectivity index (χ4n) is 1.72. The minimum Gasteiger partial charge on any atom is -0.149 e. The van der Waals surface area contributed by atoms with E-state index in [2.05, 4.69) is 6.92 Å². The fourth-order valence-corrected chi connectivity index (χ4v) is 3.51.